The largest absolute Gasteiger partial charge is 0.497 e. The maximum absolute atomic E-state index is 12.7. The number of amides is 1. The first-order valence-electron chi connectivity index (χ1n) is 8.54. The number of fused-ring (bicyclic) bond motifs is 1. The van der Waals surface area contributed by atoms with Crippen LogP contribution in [0, 0.1) is 0 Å². The van der Waals surface area contributed by atoms with E-state index in [-0.39, 0.29) is 5.91 Å². The number of anilines is 1. The topological polar surface area (TPSA) is 32.8 Å². The summed E-state index contributed by atoms with van der Waals surface area (Å²) in [4.78, 5) is 19.4. The molecule has 5 heteroatoms. The minimum atomic E-state index is 0.212. The van der Waals surface area contributed by atoms with E-state index in [1.165, 1.54) is 22.5 Å². The van der Waals surface area contributed by atoms with E-state index in [1.54, 1.807) is 18.4 Å². The zero-order valence-electron chi connectivity index (χ0n) is 14.0. The molecule has 1 aliphatic carbocycles. The van der Waals surface area contributed by atoms with Gasteiger partial charge in [-0.25, -0.2) is 0 Å². The summed E-state index contributed by atoms with van der Waals surface area (Å²) in [6.45, 7) is 3.33. The van der Waals surface area contributed by atoms with Crippen molar-refractivity contribution in [2.24, 2.45) is 0 Å². The second-order valence-corrected chi connectivity index (χ2v) is 7.53. The van der Waals surface area contributed by atoms with Gasteiger partial charge in [0.25, 0.3) is 5.91 Å². The normalized spacial score (nSPS) is 17.0. The van der Waals surface area contributed by atoms with Crippen LogP contribution in [0.3, 0.4) is 0 Å². The summed E-state index contributed by atoms with van der Waals surface area (Å²) in [5.74, 6) is 1.09. The molecular weight excluding hydrogens is 320 g/mol. The van der Waals surface area contributed by atoms with Crippen molar-refractivity contribution in [1.82, 2.24) is 4.90 Å². The number of aryl methyl sites for hydroxylation is 2. The van der Waals surface area contributed by atoms with E-state index in [1.807, 2.05) is 17.0 Å². The number of rotatable bonds is 3. The van der Waals surface area contributed by atoms with Crippen molar-refractivity contribution in [2.45, 2.75) is 19.3 Å². The molecular formula is C19H22N2O2S. The number of ether oxygens (including phenoxy) is 1. The Hall–Kier alpha value is -2.01. The third-order valence-corrected chi connectivity index (χ3v) is 6.19. The molecule has 4 nitrogen and oxygen atoms in total. The molecule has 24 heavy (non-hydrogen) atoms. The number of hydrogen-bond donors (Lipinski definition) is 0. The maximum Gasteiger partial charge on any atom is 0.264 e. The average Bonchev–Trinajstić information content (AvgIpc) is 3.23. The predicted octanol–water partition coefficient (Wildman–Crippen LogP) is 3.21. The van der Waals surface area contributed by atoms with Crippen LogP contribution in [0.25, 0.3) is 0 Å². The van der Waals surface area contributed by atoms with Gasteiger partial charge in [0.1, 0.15) is 5.75 Å². The second kappa shape index (κ2) is 6.48. The van der Waals surface area contributed by atoms with Crippen LogP contribution in [0.4, 0.5) is 5.69 Å². The lowest BCUT2D eigenvalue weighted by molar-refractivity contribution is 0.0751. The number of nitrogens with zero attached hydrogens (tertiary/aromatic N) is 2. The average molecular weight is 342 g/mol. The lowest BCUT2D eigenvalue weighted by atomic mass is 10.2. The van der Waals surface area contributed by atoms with Crippen molar-refractivity contribution in [2.75, 3.05) is 38.2 Å². The van der Waals surface area contributed by atoms with E-state index in [0.29, 0.717) is 0 Å². The van der Waals surface area contributed by atoms with E-state index < -0.39 is 0 Å². The molecule has 0 bridgehead atoms. The van der Waals surface area contributed by atoms with E-state index in [2.05, 4.69) is 23.1 Å². The molecule has 1 aliphatic heterocycles. The van der Waals surface area contributed by atoms with Gasteiger partial charge in [-0.1, -0.05) is 0 Å². The van der Waals surface area contributed by atoms with Gasteiger partial charge in [-0.05, 0) is 55.2 Å². The van der Waals surface area contributed by atoms with Crippen molar-refractivity contribution >= 4 is 22.9 Å². The van der Waals surface area contributed by atoms with Crippen molar-refractivity contribution in [3.63, 3.8) is 0 Å². The Bertz CT molecular complexity index is 709. The highest BCUT2D eigenvalue weighted by atomic mass is 32.1. The molecule has 1 fully saturated rings. The summed E-state index contributed by atoms with van der Waals surface area (Å²) in [6.07, 6.45) is 3.54. The zero-order valence-corrected chi connectivity index (χ0v) is 14.8. The highest BCUT2D eigenvalue weighted by Crippen LogP contribution is 2.31. The molecule has 126 valence electrons. The van der Waals surface area contributed by atoms with Gasteiger partial charge in [0.2, 0.25) is 0 Å². The predicted molar refractivity (Wildman–Crippen MR) is 97.5 cm³/mol. The second-order valence-electron chi connectivity index (χ2n) is 6.39. The molecule has 0 spiro atoms. The lowest BCUT2D eigenvalue weighted by Gasteiger charge is -2.36. The number of hydrogen-bond acceptors (Lipinski definition) is 4. The first kappa shape index (κ1) is 15.5. The molecule has 2 aromatic rings. The fourth-order valence-electron chi connectivity index (χ4n) is 3.55. The van der Waals surface area contributed by atoms with E-state index in [0.717, 1.165) is 49.6 Å². The molecule has 2 heterocycles. The SMILES string of the molecule is COc1ccc(N2CCN(C(=O)c3cc4c(s3)CCC4)CC2)cc1. The van der Waals surface area contributed by atoms with Crippen LogP contribution in [0.5, 0.6) is 5.75 Å². The molecule has 4 rings (SSSR count). The Kier molecular flexibility index (Phi) is 4.19. The summed E-state index contributed by atoms with van der Waals surface area (Å²) in [6, 6.07) is 10.3. The van der Waals surface area contributed by atoms with Crippen LogP contribution in [0.1, 0.15) is 26.5 Å². The minimum absolute atomic E-state index is 0.212. The fraction of sp³-hybridized carbons (Fsp3) is 0.421. The van der Waals surface area contributed by atoms with Crippen molar-refractivity contribution in [3.05, 3.63) is 45.6 Å². The summed E-state index contributed by atoms with van der Waals surface area (Å²) >= 11 is 1.71. The first-order chi connectivity index (χ1) is 11.7. The molecule has 1 amide bonds. The number of thiophene rings is 1. The zero-order chi connectivity index (χ0) is 16.5. The summed E-state index contributed by atoms with van der Waals surface area (Å²) in [7, 11) is 1.68. The first-order valence-corrected chi connectivity index (χ1v) is 9.36. The molecule has 0 atom stereocenters. The highest BCUT2D eigenvalue weighted by molar-refractivity contribution is 7.14. The quantitative estimate of drug-likeness (QED) is 0.859. The highest BCUT2D eigenvalue weighted by Gasteiger charge is 2.25. The van der Waals surface area contributed by atoms with Crippen LogP contribution < -0.4 is 9.64 Å². The van der Waals surface area contributed by atoms with Gasteiger partial charge in [-0.15, -0.1) is 11.3 Å². The van der Waals surface area contributed by atoms with E-state index >= 15 is 0 Å². The fourth-order valence-corrected chi connectivity index (χ4v) is 4.77. The Labute approximate surface area is 146 Å². The Morgan fingerprint density at radius 1 is 1.08 bits per heavy atom. The van der Waals surface area contributed by atoms with Crippen LogP contribution >= 0.6 is 11.3 Å². The third-order valence-electron chi connectivity index (χ3n) is 4.96. The standard InChI is InChI=1S/C19H22N2O2S/c1-23-16-7-5-15(6-8-16)20-9-11-21(12-10-20)19(22)18-13-14-3-2-4-17(14)24-18/h5-8,13H,2-4,9-12H2,1H3. The molecule has 0 N–H and O–H groups in total. The van der Waals surface area contributed by atoms with E-state index in [4.69, 9.17) is 4.74 Å². The van der Waals surface area contributed by atoms with Gasteiger partial charge in [-0.2, -0.15) is 0 Å². The number of carbonyl (C=O) groups is 1. The van der Waals surface area contributed by atoms with Gasteiger partial charge < -0.3 is 14.5 Å². The van der Waals surface area contributed by atoms with Crippen LogP contribution in [-0.2, 0) is 12.8 Å². The van der Waals surface area contributed by atoms with Gasteiger partial charge >= 0.3 is 0 Å². The Morgan fingerprint density at radius 3 is 2.50 bits per heavy atom. The molecule has 1 aromatic heterocycles. The molecule has 1 aromatic carbocycles. The summed E-state index contributed by atoms with van der Waals surface area (Å²) in [5.41, 5.74) is 2.60. The number of piperazine rings is 1. The number of carbonyl (C=O) groups excluding carboxylic acids is 1. The molecule has 0 saturated carbocycles. The van der Waals surface area contributed by atoms with Crippen molar-refractivity contribution < 1.29 is 9.53 Å². The van der Waals surface area contributed by atoms with Crippen LogP contribution in [0.2, 0.25) is 0 Å². The summed E-state index contributed by atoms with van der Waals surface area (Å²) in [5, 5.41) is 0. The molecule has 1 saturated heterocycles. The van der Waals surface area contributed by atoms with Gasteiger partial charge in [-0.3, -0.25) is 4.79 Å². The molecule has 0 unspecified atom stereocenters. The van der Waals surface area contributed by atoms with Crippen LogP contribution in [0.15, 0.2) is 30.3 Å². The molecule has 2 aliphatic rings. The Balaban J connectivity index is 1.38. The lowest BCUT2D eigenvalue weighted by Crippen LogP contribution is -2.48. The number of methoxy groups -OCH3 is 1. The van der Waals surface area contributed by atoms with Crippen LogP contribution in [-0.4, -0.2) is 44.1 Å². The van der Waals surface area contributed by atoms with Crippen molar-refractivity contribution in [3.8, 4) is 5.75 Å². The van der Waals surface area contributed by atoms with Gasteiger partial charge in [0.05, 0.1) is 12.0 Å². The third kappa shape index (κ3) is 2.88. The van der Waals surface area contributed by atoms with Crippen molar-refractivity contribution in [1.29, 1.82) is 0 Å². The smallest absolute Gasteiger partial charge is 0.264 e. The monoisotopic (exact) mass is 342 g/mol. The van der Waals surface area contributed by atoms with Gasteiger partial charge in [0.15, 0.2) is 0 Å². The maximum atomic E-state index is 12.7. The minimum Gasteiger partial charge on any atom is -0.497 e. The summed E-state index contributed by atoms with van der Waals surface area (Å²) < 4.78 is 5.21. The Morgan fingerprint density at radius 2 is 1.83 bits per heavy atom. The molecule has 0 radical (unpaired) electrons. The van der Waals surface area contributed by atoms with Gasteiger partial charge in [0, 0.05) is 36.7 Å². The number of benzene rings is 1. The van der Waals surface area contributed by atoms with E-state index in [9.17, 15) is 4.79 Å².